The largest absolute Gasteiger partial charge is 0.586 e. The van der Waals surface area contributed by atoms with Gasteiger partial charge in [0.25, 0.3) is 0 Å². The predicted octanol–water partition coefficient (Wildman–Crippen LogP) is 2.74. The van der Waals surface area contributed by atoms with Crippen LogP contribution in [0.1, 0.15) is 18.4 Å². The highest BCUT2D eigenvalue weighted by atomic mass is 19.3. The van der Waals surface area contributed by atoms with Crippen LogP contribution in [0.5, 0.6) is 11.5 Å². The Morgan fingerprint density at radius 3 is 2.59 bits per heavy atom. The zero-order chi connectivity index (χ0) is 12.1. The molecular weight excluding hydrogens is 228 g/mol. The Labute approximate surface area is 97.1 Å². The summed E-state index contributed by atoms with van der Waals surface area (Å²) in [5.74, 6) is 0.186. The molecule has 0 N–H and O–H groups in total. The molecule has 0 aromatic heterocycles. The van der Waals surface area contributed by atoms with E-state index in [9.17, 15) is 8.78 Å². The van der Waals surface area contributed by atoms with Gasteiger partial charge in [0.15, 0.2) is 11.5 Å². The molecule has 1 aromatic carbocycles. The Bertz CT molecular complexity index is 495. The number of hydrogen-bond donors (Lipinski definition) is 0. The van der Waals surface area contributed by atoms with Gasteiger partial charge in [-0.05, 0) is 30.5 Å². The monoisotopic (exact) mass is 239 g/mol. The van der Waals surface area contributed by atoms with Crippen LogP contribution in [0.4, 0.5) is 8.78 Å². The summed E-state index contributed by atoms with van der Waals surface area (Å²) in [5, 5.41) is 0. The van der Waals surface area contributed by atoms with Gasteiger partial charge in [0.1, 0.15) is 0 Å². The van der Waals surface area contributed by atoms with E-state index in [1.165, 1.54) is 6.07 Å². The van der Waals surface area contributed by atoms with Crippen molar-refractivity contribution in [2.75, 3.05) is 7.05 Å². The lowest BCUT2D eigenvalue weighted by molar-refractivity contribution is -0.286. The van der Waals surface area contributed by atoms with Gasteiger partial charge in [-0.15, -0.1) is 8.78 Å². The van der Waals surface area contributed by atoms with Crippen molar-refractivity contribution in [1.82, 2.24) is 0 Å². The molecule has 0 bridgehead atoms. The first kappa shape index (κ1) is 10.5. The first-order valence-corrected chi connectivity index (χ1v) is 5.38. The van der Waals surface area contributed by atoms with Crippen molar-refractivity contribution in [2.24, 2.45) is 4.99 Å². The van der Waals surface area contributed by atoms with Crippen LogP contribution in [0, 0.1) is 0 Å². The van der Waals surface area contributed by atoms with Crippen molar-refractivity contribution in [1.29, 1.82) is 0 Å². The van der Waals surface area contributed by atoms with Crippen molar-refractivity contribution in [3.63, 3.8) is 0 Å². The lowest BCUT2D eigenvalue weighted by atomic mass is 9.97. The van der Waals surface area contributed by atoms with Gasteiger partial charge < -0.3 is 9.47 Å². The molecule has 1 saturated carbocycles. The number of halogens is 2. The second-order valence-corrected chi connectivity index (χ2v) is 4.37. The molecule has 90 valence electrons. The van der Waals surface area contributed by atoms with Crippen LogP contribution in [-0.4, -0.2) is 19.6 Å². The first-order valence-electron chi connectivity index (χ1n) is 5.38. The number of nitrogens with zero attached hydrogens (tertiary/aromatic N) is 1. The van der Waals surface area contributed by atoms with E-state index in [2.05, 4.69) is 14.5 Å². The van der Waals surface area contributed by atoms with Crippen molar-refractivity contribution >= 4 is 6.21 Å². The molecular formula is C12H11F2NO2. The summed E-state index contributed by atoms with van der Waals surface area (Å²) in [7, 11) is 1.71. The minimum atomic E-state index is -3.55. The van der Waals surface area contributed by atoms with E-state index in [4.69, 9.17) is 0 Å². The predicted molar refractivity (Wildman–Crippen MR) is 58.0 cm³/mol. The average Bonchev–Trinajstić information content (AvgIpc) is 2.94. The van der Waals surface area contributed by atoms with Gasteiger partial charge in [0, 0.05) is 18.7 Å². The third kappa shape index (κ3) is 1.66. The maximum Gasteiger partial charge on any atom is 0.586 e. The van der Waals surface area contributed by atoms with Gasteiger partial charge in [-0.3, -0.25) is 4.99 Å². The van der Waals surface area contributed by atoms with Gasteiger partial charge in [-0.25, -0.2) is 0 Å². The summed E-state index contributed by atoms with van der Waals surface area (Å²) >= 11 is 0. The molecule has 1 aliphatic heterocycles. The van der Waals surface area contributed by atoms with E-state index in [0.717, 1.165) is 18.4 Å². The summed E-state index contributed by atoms with van der Waals surface area (Å²) in [6, 6.07) is 4.93. The van der Waals surface area contributed by atoms with Crippen molar-refractivity contribution in [3.8, 4) is 11.5 Å². The average molecular weight is 239 g/mol. The smallest absolute Gasteiger partial charge is 0.395 e. The summed E-state index contributed by atoms with van der Waals surface area (Å²) < 4.78 is 34.5. The van der Waals surface area contributed by atoms with Gasteiger partial charge in [0.2, 0.25) is 0 Å². The van der Waals surface area contributed by atoms with Crippen LogP contribution in [-0.2, 0) is 5.41 Å². The van der Waals surface area contributed by atoms with E-state index in [0.29, 0.717) is 0 Å². The zero-order valence-corrected chi connectivity index (χ0v) is 9.24. The van der Waals surface area contributed by atoms with Crippen molar-refractivity contribution in [3.05, 3.63) is 23.8 Å². The fourth-order valence-corrected chi connectivity index (χ4v) is 2.13. The fourth-order valence-electron chi connectivity index (χ4n) is 2.13. The SMILES string of the molecule is CN=CC1(c2ccc3c(c2)OC(F)(F)O3)CC1. The number of alkyl halides is 2. The molecule has 3 rings (SSSR count). The van der Waals surface area contributed by atoms with Gasteiger partial charge in [-0.1, -0.05) is 6.07 Å². The van der Waals surface area contributed by atoms with E-state index < -0.39 is 6.29 Å². The van der Waals surface area contributed by atoms with Crippen LogP contribution in [0.15, 0.2) is 23.2 Å². The molecule has 0 atom stereocenters. The van der Waals surface area contributed by atoms with Crippen LogP contribution in [0.25, 0.3) is 0 Å². The topological polar surface area (TPSA) is 30.8 Å². The highest BCUT2D eigenvalue weighted by molar-refractivity contribution is 5.78. The Hall–Kier alpha value is -1.65. The van der Waals surface area contributed by atoms with Crippen molar-refractivity contribution in [2.45, 2.75) is 24.6 Å². The maximum atomic E-state index is 12.9. The normalized spacial score (nSPS) is 23.0. The molecule has 0 spiro atoms. The molecule has 0 radical (unpaired) electrons. The molecule has 17 heavy (non-hydrogen) atoms. The number of hydrogen-bond acceptors (Lipinski definition) is 3. The van der Waals surface area contributed by atoms with Crippen molar-refractivity contribution < 1.29 is 18.3 Å². The molecule has 1 aromatic rings. The van der Waals surface area contributed by atoms with Crippen LogP contribution in [0.3, 0.4) is 0 Å². The molecule has 5 heteroatoms. The highest BCUT2D eigenvalue weighted by Crippen LogP contribution is 2.50. The Morgan fingerprint density at radius 2 is 1.94 bits per heavy atom. The molecule has 1 heterocycles. The fraction of sp³-hybridized carbons (Fsp3) is 0.417. The third-order valence-electron chi connectivity index (χ3n) is 3.14. The number of aliphatic imine (C=N–C) groups is 1. The number of ether oxygens (including phenoxy) is 2. The Morgan fingerprint density at radius 1 is 1.24 bits per heavy atom. The minimum absolute atomic E-state index is 0.0861. The quantitative estimate of drug-likeness (QED) is 0.743. The summed E-state index contributed by atoms with van der Waals surface area (Å²) in [6.45, 7) is 0. The second-order valence-electron chi connectivity index (χ2n) is 4.37. The second kappa shape index (κ2) is 3.18. The highest BCUT2D eigenvalue weighted by Gasteiger charge is 2.46. The van der Waals surface area contributed by atoms with E-state index in [1.54, 1.807) is 19.2 Å². The van der Waals surface area contributed by atoms with E-state index in [-0.39, 0.29) is 16.9 Å². The van der Waals surface area contributed by atoms with Crippen LogP contribution >= 0.6 is 0 Å². The minimum Gasteiger partial charge on any atom is -0.395 e. The van der Waals surface area contributed by atoms with Gasteiger partial charge in [0.05, 0.1) is 0 Å². The summed E-state index contributed by atoms with van der Waals surface area (Å²) in [5.41, 5.74) is 0.855. The molecule has 1 aliphatic carbocycles. The summed E-state index contributed by atoms with van der Waals surface area (Å²) in [4.78, 5) is 4.02. The molecule has 1 fully saturated rings. The van der Waals surface area contributed by atoms with E-state index in [1.807, 2.05) is 6.21 Å². The first-order chi connectivity index (χ1) is 8.05. The number of benzene rings is 1. The molecule has 0 unspecified atom stereocenters. The molecule has 0 amide bonds. The Balaban J connectivity index is 1.96. The standard InChI is InChI=1S/C12H11F2NO2/c1-15-7-11(4-5-11)8-2-3-9-10(6-8)17-12(13,14)16-9/h2-3,6-7H,4-5H2,1H3. The van der Waals surface area contributed by atoms with E-state index >= 15 is 0 Å². The zero-order valence-electron chi connectivity index (χ0n) is 9.24. The third-order valence-corrected chi connectivity index (χ3v) is 3.14. The summed E-state index contributed by atoms with van der Waals surface area (Å²) in [6.07, 6.45) is 0.292. The van der Waals surface area contributed by atoms with Crippen LogP contribution in [0.2, 0.25) is 0 Å². The lowest BCUT2D eigenvalue weighted by Crippen LogP contribution is -2.25. The molecule has 2 aliphatic rings. The van der Waals surface area contributed by atoms with Gasteiger partial charge >= 0.3 is 6.29 Å². The van der Waals surface area contributed by atoms with Gasteiger partial charge in [-0.2, -0.15) is 0 Å². The molecule has 3 nitrogen and oxygen atoms in total. The van der Waals surface area contributed by atoms with Crippen LogP contribution < -0.4 is 9.47 Å². The molecule has 0 saturated heterocycles. The number of fused-ring (bicyclic) bond motifs is 1. The number of rotatable bonds is 2. The maximum absolute atomic E-state index is 12.9. The lowest BCUT2D eigenvalue weighted by Gasteiger charge is -2.09. The Kier molecular flexibility index (Phi) is 1.97.